The summed E-state index contributed by atoms with van der Waals surface area (Å²) in [4.78, 5) is 23.8. The molecule has 3 aromatic rings. The number of rotatable bonds is 8. The zero-order valence-electron chi connectivity index (χ0n) is 17.9. The molecule has 2 aromatic carbocycles. The second-order valence-electron chi connectivity index (χ2n) is 7.35. The summed E-state index contributed by atoms with van der Waals surface area (Å²) in [6.07, 6.45) is 0.949. The number of hydrogen-bond acceptors (Lipinski definition) is 5. The molecule has 0 spiro atoms. The van der Waals surface area contributed by atoms with Crippen molar-refractivity contribution in [2.45, 2.75) is 13.0 Å². The van der Waals surface area contributed by atoms with Gasteiger partial charge >= 0.3 is 5.97 Å². The van der Waals surface area contributed by atoms with E-state index < -0.39 is 22.5 Å². The van der Waals surface area contributed by atoms with Crippen LogP contribution in [0.5, 0.6) is 0 Å². The Hall–Kier alpha value is -3.66. The van der Waals surface area contributed by atoms with Crippen molar-refractivity contribution >= 4 is 27.6 Å². The molecule has 1 heterocycles. The number of nitrogens with zero attached hydrogens (tertiary/aromatic N) is 3. The lowest BCUT2D eigenvalue weighted by atomic mass is 10.1. The topological polar surface area (TPSA) is 122 Å². The third kappa shape index (κ3) is 5.33. The van der Waals surface area contributed by atoms with Gasteiger partial charge in [-0.05, 0) is 30.7 Å². The van der Waals surface area contributed by atoms with Gasteiger partial charge in [-0.2, -0.15) is 5.10 Å². The predicted molar refractivity (Wildman–Crippen MR) is 121 cm³/mol. The van der Waals surface area contributed by atoms with Crippen molar-refractivity contribution in [1.82, 2.24) is 15.1 Å². The zero-order chi connectivity index (χ0) is 23.5. The first-order chi connectivity index (χ1) is 15.1. The molecule has 0 bridgehead atoms. The quantitative estimate of drug-likeness (QED) is 0.537. The molecule has 1 amide bonds. The highest BCUT2D eigenvalue weighted by atomic mass is 32.2. The summed E-state index contributed by atoms with van der Waals surface area (Å²) in [5, 5.41) is 16.3. The number of hydrogen-bond donors (Lipinski definition) is 2. The SMILES string of the molecule is C[C@@H](NC(=O)c1cc(-c2ccccc2)nn1C)c1ccc(N(CC(=O)O)S(C)(=O)=O)cc1. The molecule has 0 aliphatic heterocycles. The fraction of sp³-hybridized carbons (Fsp3) is 0.227. The molecule has 9 nitrogen and oxygen atoms in total. The molecule has 0 saturated heterocycles. The maximum Gasteiger partial charge on any atom is 0.324 e. The Morgan fingerprint density at radius 2 is 1.75 bits per heavy atom. The van der Waals surface area contributed by atoms with Crippen molar-refractivity contribution < 1.29 is 23.1 Å². The van der Waals surface area contributed by atoms with Crippen LogP contribution >= 0.6 is 0 Å². The number of carboxylic acid groups (broad SMARTS) is 1. The number of amides is 1. The van der Waals surface area contributed by atoms with Crippen LogP contribution in [0.3, 0.4) is 0 Å². The summed E-state index contributed by atoms with van der Waals surface area (Å²) < 4.78 is 26.2. The van der Waals surface area contributed by atoms with Crippen LogP contribution in [-0.2, 0) is 21.9 Å². The summed E-state index contributed by atoms with van der Waals surface area (Å²) in [5.74, 6) is -1.56. The van der Waals surface area contributed by atoms with E-state index in [-0.39, 0.29) is 17.6 Å². The van der Waals surface area contributed by atoms with E-state index in [2.05, 4.69) is 10.4 Å². The van der Waals surface area contributed by atoms with Crippen molar-refractivity contribution in [1.29, 1.82) is 0 Å². The molecule has 0 fully saturated rings. The molecule has 2 N–H and O–H groups in total. The van der Waals surface area contributed by atoms with E-state index in [1.165, 1.54) is 16.8 Å². The lowest BCUT2D eigenvalue weighted by Gasteiger charge is -2.21. The number of nitrogens with one attached hydrogen (secondary N) is 1. The molecule has 3 rings (SSSR count). The summed E-state index contributed by atoms with van der Waals surface area (Å²) in [6, 6.07) is 17.2. The molecule has 0 unspecified atom stereocenters. The van der Waals surface area contributed by atoms with Crippen molar-refractivity contribution in [3.63, 3.8) is 0 Å². The molecule has 32 heavy (non-hydrogen) atoms. The summed E-state index contributed by atoms with van der Waals surface area (Å²) >= 11 is 0. The van der Waals surface area contributed by atoms with Gasteiger partial charge in [0, 0.05) is 12.6 Å². The maximum atomic E-state index is 12.8. The Labute approximate surface area is 186 Å². The number of carbonyl (C=O) groups excluding carboxylic acids is 1. The van der Waals surface area contributed by atoms with Crippen molar-refractivity contribution in [3.8, 4) is 11.3 Å². The largest absolute Gasteiger partial charge is 0.480 e. The van der Waals surface area contributed by atoms with Gasteiger partial charge in [0.05, 0.1) is 23.7 Å². The van der Waals surface area contributed by atoms with Gasteiger partial charge < -0.3 is 10.4 Å². The average molecular weight is 457 g/mol. The minimum absolute atomic E-state index is 0.233. The Morgan fingerprint density at radius 3 is 2.31 bits per heavy atom. The summed E-state index contributed by atoms with van der Waals surface area (Å²) in [5.41, 5.74) is 2.96. The normalized spacial score (nSPS) is 12.2. The molecule has 0 radical (unpaired) electrons. The van der Waals surface area contributed by atoms with Crippen LogP contribution in [0.1, 0.15) is 29.0 Å². The predicted octanol–water partition coefficient (Wildman–Crippen LogP) is 2.43. The van der Waals surface area contributed by atoms with Gasteiger partial charge in [0.25, 0.3) is 5.91 Å². The van der Waals surface area contributed by atoms with Crippen LogP contribution in [-0.4, -0.2) is 48.0 Å². The fourth-order valence-electron chi connectivity index (χ4n) is 3.24. The van der Waals surface area contributed by atoms with Gasteiger partial charge in [-0.15, -0.1) is 0 Å². The number of aryl methyl sites for hydroxylation is 1. The highest BCUT2D eigenvalue weighted by molar-refractivity contribution is 7.92. The smallest absolute Gasteiger partial charge is 0.324 e. The van der Waals surface area contributed by atoms with Crippen LogP contribution < -0.4 is 9.62 Å². The fourth-order valence-corrected chi connectivity index (χ4v) is 4.09. The first kappa shape index (κ1) is 23.0. The molecule has 1 atom stereocenters. The van der Waals surface area contributed by atoms with Crippen molar-refractivity contribution in [2.75, 3.05) is 17.1 Å². The van der Waals surface area contributed by atoms with Crippen molar-refractivity contribution in [3.05, 3.63) is 71.9 Å². The summed E-state index contributed by atoms with van der Waals surface area (Å²) in [7, 11) is -2.06. The zero-order valence-corrected chi connectivity index (χ0v) is 18.7. The van der Waals surface area contributed by atoms with Crippen LogP contribution in [0, 0.1) is 0 Å². The minimum Gasteiger partial charge on any atom is -0.480 e. The first-order valence-corrected chi connectivity index (χ1v) is 11.6. The van der Waals surface area contributed by atoms with Crippen LogP contribution in [0.2, 0.25) is 0 Å². The maximum absolute atomic E-state index is 12.8. The molecular weight excluding hydrogens is 432 g/mol. The van der Waals surface area contributed by atoms with Gasteiger partial charge in [0.1, 0.15) is 12.2 Å². The van der Waals surface area contributed by atoms with Gasteiger partial charge in [-0.25, -0.2) is 8.42 Å². The molecule has 10 heteroatoms. The number of sulfonamides is 1. The summed E-state index contributed by atoms with van der Waals surface area (Å²) in [6.45, 7) is 1.13. The number of carbonyl (C=O) groups is 2. The Bertz CT molecular complexity index is 1220. The molecule has 0 saturated carbocycles. The second-order valence-corrected chi connectivity index (χ2v) is 9.26. The number of aliphatic carboxylic acids is 1. The van der Waals surface area contributed by atoms with Gasteiger partial charge in [0.15, 0.2) is 0 Å². The van der Waals surface area contributed by atoms with Crippen molar-refractivity contribution in [2.24, 2.45) is 7.05 Å². The van der Waals surface area contributed by atoms with E-state index >= 15 is 0 Å². The van der Waals surface area contributed by atoms with Gasteiger partial charge in [-0.3, -0.25) is 18.6 Å². The lowest BCUT2D eigenvalue weighted by molar-refractivity contribution is -0.135. The Balaban J connectivity index is 1.75. The number of carboxylic acids is 1. The van der Waals surface area contributed by atoms with Crippen LogP contribution in [0.25, 0.3) is 11.3 Å². The average Bonchev–Trinajstić information content (AvgIpc) is 3.13. The Morgan fingerprint density at radius 1 is 1.12 bits per heavy atom. The molecule has 0 aliphatic carbocycles. The van der Waals surface area contributed by atoms with E-state index in [0.717, 1.165) is 21.7 Å². The van der Waals surface area contributed by atoms with E-state index in [4.69, 9.17) is 5.11 Å². The van der Waals surface area contributed by atoms with E-state index in [9.17, 15) is 18.0 Å². The minimum atomic E-state index is -3.75. The second kappa shape index (κ2) is 9.23. The number of benzene rings is 2. The number of aromatic nitrogens is 2. The molecule has 1 aromatic heterocycles. The molecular formula is C22H24N4O5S. The number of anilines is 1. The van der Waals surface area contributed by atoms with Crippen LogP contribution in [0.15, 0.2) is 60.7 Å². The first-order valence-electron chi connectivity index (χ1n) is 9.76. The highest BCUT2D eigenvalue weighted by Gasteiger charge is 2.21. The standard InChI is InChI=1S/C22H24N4O5S/c1-15(16-9-11-18(12-10-16)26(14-21(27)28)32(3,30)31)23-22(29)20-13-19(24-25(20)2)17-7-5-4-6-8-17/h4-13,15H,14H2,1-3H3,(H,23,29)(H,27,28)/t15-/m1/s1. The van der Waals surface area contributed by atoms with Gasteiger partial charge in [-0.1, -0.05) is 42.5 Å². The Kier molecular flexibility index (Phi) is 6.64. The third-order valence-electron chi connectivity index (χ3n) is 4.89. The lowest BCUT2D eigenvalue weighted by Crippen LogP contribution is -2.34. The molecule has 0 aliphatic rings. The van der Waals surface area contributed by atoms with E-state index in [0.29, 0.717) is 11.4 Å². The van der Waals surface area contributed by atoms with E-state index in [1.807, 2.05) is 30.3 Å². The van der Waals surface area contributed by atoms with Gasteiger partial charge in [0.2, 0.25) is 10.0 Å². The van der Waals surface area contributed by atoms with Crippen LogP contribution in [0.4, 0.5) is 5.69 Å². The highest BCUT2D eigenvalue weighted by Crippen LogP contribution is 2.22. The van der Waals surface area contributed by atoms with E-state index in [1.54, 1.807) is 32.2 Å². The monoisotopic (exact) mass is 456 g/mol. The third-order valence-corrected chi connectivity index (χ3v) is 6.03. The molecule has 168 valence electrons.